The molecule has 0 bridgehead atoms. The molecule has 0 atom stereocenters. The maximum Gasteiger partial charge on any atom is 0.407 e. The van der Waals surface area contributed by atoms with E-state index in [1.54, 1.807) is 0 Å². The van der Waals surface area contributed by atoms with Gasteiger partial charge < -0.3 is 14.9 Å². The van der Waals surface area contributed by atoms with Gasteiger partial charge in [0.05, 0.1) is 0 Å². The largest absolute Gasteiger partial charge is 0.465 e. The van der Waals surface area contributed by atoms with E-state index in [0.717, 1.165) is 4.90 Å². The molecule has 18 heavy (non-hydrogen) atoms. The van der Waals surface area contributed by atoms with Gasteiger partial charge in [-0.25, -0.2) is 4.79 Å². The summed E-state index contributed by atoms with van der Waals surface area (Å²) in [4.78, 5) is 47.3. The first-order valence-electron chi connectivity index (χ1n) is 5.09. The number of hydrogen-bond acceptors (Lipinski definition) is 4. The smallest absolute Gasteiger partial charge is 0.407 e. The van der Waals surface area contributed by atoms with Crippen molar-refractivity contribution in [2.24, 2.45) is 0 Å². The summed E-state index contributed by atoms with van der Waals surface area (Å²) in [6.45, 7) is 0.348. The summed E-state index contributed by atoms with van der Waals surface area (Å²) >= 11 is 5.14. The molecule has 9 heteroatoms. The number of likely N-dealkylation sites (N-methyl/N-ethyl adjacent to an activating group) is 1. The number of halogens is 1. The fourth-order valence-corrected chi connectivity index (χ4v) is 1.58. The Labute approximate surface area is 108 Å². The minimum atomic E-state index is -1.12. The Morgan fingerprint density at radius 2 is 1.94 bits per heavy atom. The maximum atomic E-state index is 11.6. The first-order chi connectivity index (χ1) is 8.34. The van der Waals surface area contributed by atoms with Crippen molar-refractivity contribution in [1.29, 1.82) is 0 Å². The highest BCUT2D eigenvalue weighted by atomic mass is 35.5. The Bertz CT molecular complexity index is 400. The molecule has 0 unspecified atom stereocenters. The number of carbonyl (C=O) groups excluding carboxylic acids is 3. The third-order valence-electron chi connectivity index (χ3n) is 2.55. The number of amides is 4. The average molecular weight is 278 g/mol. The summed E-state index contributed by atoms with van der Waals surface area (Å²) < 4.78 is 0. The predicted molar refractivity (Wildman–Crippen MR) is 60.2 cm³/mol. The van der Waals surface area contributed by atoms with E-state index in [0.29, 0.717) is 4.90 Å². The van der Waals surface area contributed by atoms with Crippen molar-refractivity contribution in [2.45, 2.75) is 0 Å². The summed E-state index contributed by atoms with van der Waals surface area (Å²) in [6, 6.07) is 0. The zero-order valence-corrected chi connectivity index (χ0v) is 10.4. The second-order valence-corrected chi connectivity index (χ2v) is 4.03. The molecule has 0 aromatic heterocycles. The van der Waals surface area contributed by atoms with Crippen LogP contribution in [0.5, 0.6) is 0 Å². The van der Waals surface area contributed by atoms with Crippen molar-refractivity contribution in [3.63, 3.8) is 0 Å². The highest BCUT2D eigenvalue weighted by Crippen LogP contribution is 2.07. The Kier molecular flexibility index (Phi) is 4.49. The Morgan fingerprint density at radius 3 is 2.44 bits per heavy atom. The van der Waals surface area contributed by atoms with Gasteiger partial charge in [-0.3, -0.25) is 19.3 Å². The lowest BCUT2D eigenvalue weighted by Crippen LogP contribution is -2.56. The van der Waals surface area contributed by atoms with E-state index in [-0.39, 0.29) is 26.2 Å². The van der Waals surface area contributed by atoms with Crippen molar-refractivity contribution in [1.82, 2.24) is 14.7 Å². The molecule has 1 rings (SSSR count). The maximum absolute atomic E-state index is 11.6. The third kappa shape index (κ3) is 3.10. The lowest BCUT2D eigenvalue weighted by atomic mass is 10.3. The Morgan fingerprint density at radius 1 is 1.33 bits per heavy atom. The molecule has 0 aromatic rings. The summed E-state index contributed by atoms with van der Waals surface area (Å²) in [5.41, 5.74) is 0. The zero-order valence-electron chi connectivity index (χ0n) is 9.63. The molecule has 0 aliphatic carbocycles. The van der Waals surface area contributed by atoms with Gasteiger partial charge in [0.1, 0.15) is 0 Å². The Balaban J connectivity index is 2.56. The summed E-state index contributed by atoms with van der Waals surface area (Å²) in [7, 11) is 1.35. The molecule has 1 aliphatic rings. The van der Waals surface area contributed by atoms with Gasteiger partial charge >= 0.3 is 23.3 Å². The normalized spacial score (nSPS) is 15.9. The minimum absolute atomic E-state index is 0.0176. The fourth-order valence-electron chi connectivity index (χ4n) is 1.42. The molecular formula is C9H12ClN3O5. The number of nitrogens with zero attached hydrogens (tertiary/aromatic N) is 3. The molecule has 0 spiro atoms. The number of carbonyl (C=O) groups is 4. The van der Waals surface area contributed by atoms with Gasteiger partial charge in [-0.2, -0.15) is 0 Å². The number of hydrogen-bond donors (Lipinski definition) is 1. The van der Waals surface area contributed by atoms with Crippen LogP contribution >= 0.6 is 11.6 Å². The SMILES string of the molecule is CN(CCN1CCN(C(=O)Cl)C(=O)C1=O)C(=O)O. The van der Waals surface area contributed by atoms with Crippen LogP contribution in [0.25, 0.3) is 0 Å². The van der Waals surface area contributed by atoms with E-state index >= 15 is 0 Å². The van der Waals surface area contributed by atoms with E-state index in [2.05, 4.69) is 0 Å². The molecule has 1 saturated heterocycles. The summed E-state index contributed by atoms with van der Waals surface area (Å²) in [6.07, 6.45) is -1.12. The van der Waals surface area contributed by atoms with Gasteiger partial charge in [0.2, 0.25) is 0 Å². The Hall–Kier alpha value is -1.83. The molecule has 1 aliphatic heterocycles. The zero-order chi connectivity index (χ0) is 13.9. The van der Waals surface area contributed by atoms with Crippen LogP contribution in [-0.4, -0.2) is 76.3 Å². The van der Waals surface area contributed by atoms with Gasteiger partial charge in [-0.05, 0) is 11.6 Å². The van der Waals surface area contributed by atoms with E-state index in [1.807, 2.05) is 0 Å². The van der Waals surface area contributed by atoms with Gasteiger partial charge in [0, 0.05) is 33.2 Å². The van der Waals surface area contributed by atoms with Crippen LogP contribution in [0, 0.1) is 0 Å². The predicted octanol–water partition coefficient (Wildman–Crippen LogP) is -0.374. The monoisotopic (exact) mass is 277 g/mol. The highest BCUT2D eigenvalue weighted by Gasteiger charge is 2.35. The molecule has 100 valence electrons. The molecule has 0 aromatic carbocycles. The molecule has 8 nitrogen and oxygen atoms in total. The first kappa shape index (κ1) is 14.2. The number of imide groups is 1. The second kappa shape index (κ2) is 5.67. The average Bonchev–Trinajstić information content (AvgIpc) is 2.30. The first-order valence-corrected chi connectivity index (χ1v) is 5.46. The number of carboxylic acid groups (broad SMARTS) is 1. The van der Waals surface area contributed by atoms with Crippen molar-refractivity contribution in [3.8, 4) is 0 Å². The standard InChI is InChI=1S/C9H12ClN3O5/c1-11(9(17)18)2-3-12-4-5-13(8(10)16)7(15)6(12)14/h2-5H2,1H3,(H,17,18). The van der Waals surface area contributed by atoms with Crippen LogP contribution in [0.2, 0.25) is 0 Å². The number of rotatable bonds is 3. The van der Waals surface area contributed by atoms with Crippen molar-refractivity contribution >= 4 is 34.9 Å². The lowest BCUT2D eigenvalue weighted by molar-refractivity contribution is -0.153. The molecule has 0 radical (unpaired) electrons. The van der Waals surface area contributed by atoms with Crippen LogP contribution in [0.1, 0.15) is 0 Å². The van der Waals surface area contributed by atoms with E-state index in [1.165, 1.54) is 11.9 Å². The molecule has 4 amide bonds. The second-order valence-electron chi connectivity index (χ2n) is 3.71. The lowest BCUT2D eigenvalue weighted by Gasteiger charge is -2.32. The van der Waals surface area contributed by atoms with E-state index in [9.17, 15) is 19.2 Å². The van der Waals surface area contributed by atoms with Crippen LogP contribution in [0.15, 0.2) is 0 Å². The van der Waals surface area contributed by atoms with Crippen LogP contribution in [-0.2, 0) is 9.59 Å². The fraction of sp³-hybridized carbons (Fsp3) is 0.556. The molecule has 1 heterocycles. The van der Waals surface area contributed by atoms with Gasteiger partial charge in [0.15, 0.2) is 0 Å². The van der Waals surface area contributed by atoms with Crippen LogP contribution in [0.3, 0.4) is 0 Å². The molecule has 1 fully saturated rings. The van der Waals surface area contributed by atoms with Crippen molar-refractivity contribution < 1.29 is 24.3 Å². The summed E-state index contributed by atoms with van der Waals surface area (Å²) in [5.74, 6) is -1.84. The van der Waals surface area contributed by atoms with Crippen molar-refractivity contribution in [2.75, 3.05) is 33.2 Å². The molecule has 0 saturated carbocycles. The quantitative estimate of drug-likeness (QED) is 0.431. The van der Waals surface area contributed by atoms with E-state index < -0.39 is 23.3 Å². The van der Waals surface area contributed by atoms with Gasteiger partial charge in [0.25, 0.3) is 0 Å². The number of piperazine rings is 1. The van der Waals surface area contributed by atoms with Crippen LogP contribution < -0.4 is 0 Å². The van der Waals surface area contributed by atoms with Crippen LogP contribution in [0.4, 0.5) is 9.59 Å². The van der Waals surface area contributed by atoms with Gasteiger partial charge in [-0.1, -0.05) is 0 Å². The molecule has 1 N–H and O–H groups in total. The highest BCUT2D eigenvalue weighted by molar-refractivity contribution is 6.65. The van der Waals surface area contributed by atoms with Gasteiger partial charge in [-0.15, -0.1) is 0 Å². The topological polar surface area (TPSA) is 98.2 Å². The molecular weight excluding hydrogens is 266 g/mol. The van der Waals surface area contributed by atoms with Crippen molar-refractivity contribution in [3.05, 3.63) is 0 Å². The summed E-state index contributed by atoms with van der Waals surface area (Å²) in [5, 5.41) is 7.64. The third-order valence-corrected chi connectivity index (χ3v) is 2.76. The minimum Gasteiger partial charge on any atom is -0.465 e. The van der Waals surface area contributed by atoms with E-state index in [4.69, 9.17) is 16.7 Å².